The molecule has 0 amide bonds. The van der Waals surface area contributed by atoms with Gasteiger partial charge in [-0.2, -0.15) is 0 Å². The third-order valence-electron chi connectivity index (χ3n) is 9.59. The molecule has 278 valence electrons. The second kappa shape index (κ2) is 33.3. The molecule has 48 heavy (non-hydrogen) atoms. The fraction of sp³-hybridized carbons (Fsp3) is 0.810. The number of hydrogen-bond acceptors (Lipinski definition) is 4. The van der Waals surface area contributed by atoms with Gasteiger partial charge in [0, 0.05) is 19.3 Å². The molecule has 0 saturated heterocycles. The minimum Gasteiger partial charge on any atom is -0.481 e. The number of allylic oxidation sites excluding steroid dienone is 4. The van der Waals surface area contributed by atoms with Crippen LogP contribution in [0.4, 0.5) is 0 Å². The van der Waals surface area contributed by atoms with Crippen LogP contribution in [0.3, 0.4) is 0 Å². The Morgan fingerprint density at radius 3 is 1.04 bits per heavy atom. The number of ketones is 2. The molecule has 0 spiro atoms. The van der Waals surface area contributed by atoms with Gasteiger partial charge in [-0.25, -0.2) is 0 Å². The number of unbranched alkanes of at least 4 members (excludes halogenated alkanes) is 22. The van der Waals surface area contributed by atoms with Gasteiger partial charge in [-0.1, -0.05) is 141 Å². The standard InChI is InChI=1S/C42H74O6/c1-3-5-7-9-11-13-15-17-19-21-23-25-27-29-31-34-38(43)42(41(47)48,37-33-36-40(45)46)39(44)35-32-30-28-26-24-22-20-18-16-14-12-10-8-6-4-2/h17-20H,3-16,21-37H2,1-2H3,(H,45,46)(H,47,48)/b19-17-,20-18-. The molecule has 0 aromatic carbocycles. The summed E-state index contributed by atoms with van der Waals surface area (Å²) in [5.74, 6) is -3.56. The molecule has 0 rings (SSSR count). The van der Waals surface area contributed by atoms with Gasteiger partial charge >= 0.3 is 11.9 Å². The van der Waals surface area contributed by atoms with E-state index in [9.17, 15) is 24.3 Å². The van der Waals surface area contributed by atoms with Crippen LogP contribution >= 0.6 is 0 Å². The Balaban J connectivity index is 4.45. The van der Waals surface area contributed by atoms with Crippen LogP contribution in [0.2, 0.25) is 0 Å². The van der Waals surface area contributed by atoms with E-state index in [0.29, 0.717) is 12.8 Å². The van der Waals surface area contributed by atoms with Crippen molar-refractivity contribution in [1.29, 1.82) is 0 Å². The maximum atomic E-state index is 13.4. The number of rotatable bonds is 37. The van der Waals surface area contributed by atoms with Crippen molar-refractivity contribution in [3.05, 3.63) is 24.3 Å². The fourth-order valence-corrected chi connectivity index (χ4v) is 6.42. The Hall–Kier alpha value is -2.24. The van der Waals surface area contributed by atoms with Crippen molar-refractivity contribution in [3.8, 4) is 0 Å². The molecule has 0 saturated carbocycles. The molecule has 6 heteroatoms. The van der Waals surface area contributed by atoms with E-state index in [1.165, 1.54) is 77.0 Å². The molecular formula is C42H74O6. The molecule has 0 aliphatic rings. The van der Waals surface area contributed by atoms with Gasteiger partial charge in [0.15, 0.2) is 17.0 Å². The molecular weight excluding hydrogens is 600 g/mol. The number of carbonyl (C=O) groups excluding carboxylic acids is 2. The SMILES string of the molecule is CCCCCCCC/C=C\CCCCCCCC(=O)C(CCCC(=O)O)(C(=O)O)C(=O)CCCCCCC/C=C\CCCCCCCC. The smallest absolute Gasteiger partial charge is 0.324 e. The van der Waals surface area contributed by atoms with Crippen LogP contribution in [0.1, 0.15) is 213 Å². The average molecular weight is 675 g/mol. The first kappa shape index (κ1) is 45.8. The summed E-state index contributed by atoms with van der Waals surface area (Å²) in [6, 6.07) is 0. The molecule has 0 aliphatic heterocycles. The lowest BCUT2D eigenvalue weighted by molar-refractivity contribution is -0.161. The van der Waals surface area contributed by atoms with Gasteiger partial charge in [0.25, 0.3) is 0 Å². The van der Waals surface area contributed by atoms with Crippen molar-refractivity contribution in [3.63, 3.8) is 0 Å². The highest BCUT2D eigenvalue weighted by Gasteiger charge is 2.50. The van der Waals surface area contributed by atoms with Crippen LogP contribution in [0, 0.1) is 5.41 Å². The number of hydrogen-bond donors (Lipinski definition) is 2. The summed E-state index contributed by atoms with van der Waals surface area (Å²) in [4.78, 5) is 50.3. The maximum Gasteiger partial charge on any atom is 0.324 e. The zero-order chi connectivity index (χ0) is 35.6. The van der Waals surface area contributed by atoms with Crippen LogP contribution in [-0.4, -0.2) is 33.7 Å². The Morgan fingerprint density at radius 1 is 0.417 bits per heavy atom. The molecule has 0 heterocycles. The zero-order valence-electron chi connectivity index (χ0n) is 31.3. The second-order valence-corrected chi connectivity index (χ2v) is 14.0. The first-order valence-corrected chi connectivity index (χ1v) is 20.1. The monoisotopic (exact) mass is 675 g/mol. The highest BCUT2D eigenvalue weighted by atomic mass is 16.4. The fourth-order valence-electron chi connectivity index (χ4n) is 6.42. The lowest BCUT2D eigenvalue weighted by Gasteiger charge is -2.27. The van der Waals surface area contributed by atoms with Gasteiger partial charge in [0.2, 0.25) is 0 Å². The van der Waals surface area contributed by atoms with Gasteiger partial charge < -0.3 is 10.2 Å². The summed E-state index contributed by atoms with van der Waals surface area (Å²) in [6.07, 6.45) is 38.0. The van der Waals surface area contributed by atoms with E-state index in [2.05, 4.69) is 38.2 Å². The van der Waals surface area contributed by atoms with Crippen molar-refractivity contribution in [2.45, 2.75) is 213 Å². The number of Topliss-reactive ketones (excluding diaryl/α,β-unsaturated/α-hetero) is 2. The number of aliphatic carboxylic acids is 2. The Labute approximate surface area is 295 Å². The summed E-state index contributed by atoms with van der Waals surface area (Å²) in [7, 11) is 0. The van der Waals surface area contributed by atoms with E-state index < -0.39 is 28.9 Å². The molecule has 0 unspecified atom stereocenters. The van der Waals surface area contributed by atoms with E-state index in [4.69, 9.17) is 5.11 Å². The third kappa shape index (κ3) is 24.8. The van der Waals surface area contributed by atoms with Crippen LogP contribution in [0.5, 0.6) is 0 Å². The van der Waals surface area contributed by atoms with E-state index in [0.717, 1.165) is 77.0 Å². The van der Waals surface area contributed by atoms with Crippen LogP contribution in [-0.2, 0) is 19.2 Å². The Morgan fingerprint density at radius 2 is 0.729 bits per heavy atom. The highest BCUT2D eigenvalue weighted by molar-refractivity contribution is 6.21. The molecule has 0 atom stereocenters. The summed E-state index contributed by atoms with van der Waals surface area (Å²) in [5.41, 5.74) is -2.11. The Kier molecular flexibility index (Phi) is 31.7. The van der Waals surface area contributed by atoms with Gasteiger partial charge in [0.1, 0.15) is 0 Å². The van der Waals surface area contributed by atoms with Gasteiger partial charge in [0.05, 0.1) is 0 Å². The molecule has 0 bridgehead atoms. The van der Waals surface area contributed by atoms with Crippen molar-refractivity contribution in [2.24, 2.45) is 5.41 Å². The van der Waals surface area contributed by atoms with Gasteiger partial charge in [-0.05, 0) is 77.0 Å². The molecule has 0 aromatic heterocycles. The average Bonchev–Trinajstić information content (AvgIpc) is 3.06. The minimum absolute atomic E-state index is 0.00212. The Bertz CT molecular complexity index is 821. The second-order valence-electron chi connectivity index (χ2n) is 14.0. The van der Waals surface area contributed by atoms with Crippen LogP contribution in [0.15, 0.2) is 24.3 Å². The van der Waals surface area contributed by atoms with E-state index in [1.54, 1.807) is 0 Å². The summed E-state index contributed by atoms with van der Waals surface area (Å²) < 4.78 is 0. The first-order chi connectivity index (χ1) is 23.3. The van der Waals surface area contributed by atoms with Crippen molar-refractivity contribution in [2.75, 3.05) is 0 Å². The first-order valence-electron chi connectivity index (χ1n) is 20.1. The van der Waals surface area contributed by atoms with E-state index in [-0.39, 0.29) is 32.1 Å². The number of carbonyl (C=O) groups is 4. The molecule has 0 fully saturated rings. The van der Waals surface area contributed by atoms with Crippen LogP contribution < -0.4 is 0 Å². The minimum atomic E-state index is -2.11. The molecule has 0 radical (unpaired) electrons. The number of carboxylic acid groups (broad SMARTS) is 2. The highest BCUT2D eigenvalue weighted by Crippen LogP contribution is 2.33. The lowest BCUT2D eigenvalue weighted by Crippen LogP contribution is -2.46. The van der Waals surface area contributed by atoms with Crippen molar-refractivity contribution in [1.82, 2.24) is 0 Å². The largest absolute Gasteiger partial charge is 0.481 e. The van der Waals surface area contributed by atoms with E-state index >= 15 is 0 Å². The number of carboxylic acids is 2. The molecule has 6 nitrogen and oxygen atoms in total. The maximum absolute atomic E-state index is 13.4. The van der Waals surface area contributed by atoms with Gasteiger partial charge in [-0.3, -0.25) is 19.2 Å². The summed E-state index contributed by atoms with van der Waals surface area (Å²) in [5, 5.41) is 19.3. The van der Waals surface area contributed by atoms with Gasteiger partial charge in [-0.15, -0.1) is 0 Å². The van der Waals surface area contributed by atoms with E-state index in [1.807, 2.05) is 0 Å². The predicted molar refractivity (Wildman–Crippen MR) is 200 cm³/mol. The molecule has 0 aromatic rings. The quantitative estimate of drug-likeness (QED) is 0.0385. The van der Waals surface area contributed by atoms with Crippen LogP contribution in [0.25, 0.3) is 0 Å². The zero-order valence-corrected chi connectivity index (χ0v) is 31.3. The van der Waals surface area contributed by atoms with Crippen molar-refractivity contribution >= 4 is 23.5 Å². The molecule has 0 aliphatic carbocycles. The molecule has 2 N–H and O–H groups in total. The third-order valence-corrected chi connectivity index (χ3v) is 9.59. The van der Waals surface area contributed by atoms with Crippen molar-refractivity contribution < 1.29 is 29.4 Å². The lowest BCUT2D eigenvalue weighted by atomic mass is 9.72. The topological polar surface area (TPSA) is 109 Å². The summed E-state index contributed by atoms with van der Waals surface area (Å²) in [6.45, 7) is 4.48. The predicted octanol–water partition coefficient (Wildman–Crippen LogP) is 12.5. The summed E-state index contributed by atoms with van der Waals surface area (Å²) >= 11 is 0. The normalized spacial score (nSPS) is 12.0.